The van der Waals surface area contributed by atoms with Gasteiger partial charge in [0.15, 0.2) is 6.61 Å². The molecule has 0 spiro atoms. The molecule has 1 aromatic heterocycles. The number of ketones is 1. The van der Waals surface area contributed by atoms with Crippen LogP contribution >= 0.6 is 43.2 Å². The molecule has 0 aliphatic carbocycles. The SMILES string of the molecule is CC(C)c1cc(Br)ccc1OCC(=O)c1ccc(Br)s1. The molecule has 0 aliphatic rings. The fraction of sp³-hybridized carbons (Fsp3) is 0.267. The molecule has 0 bridgehead atoms. The standard InChI is InChI=1S/C15H14Br2O2S/c1-9(2)11-7-10(16)3-4-13(11)19-8-12(18)14-5-6-15(17)20-14/h3-7,9H,8H2,1-2H3. The van der Waals surface area contributed by atoms with Crippen molar-refractivity contribution < 1.29 is 9.53 Å². The van der Waals surface area contributed by atoms with Crippen LogP contribution in [0.4, 0.5) is 0 Å². The third-order valence-electron chi connectivity index (χ3n) is 2.80. The maximum atomic E-state index is 12.0. The zero-order valence-electron chi connectivity index (χ0n) is 11.2. The number of benzene rings is 1. The van der Waals surface area contributed by atoms with E-state index in [4.69, 9.17) is 4.74 Å². The van der Waals surface area contributed by atoms with Crippen LogP contribution in [0, 0.1) is 0 Å². The highest BCUT2D eigenvalue weighted by Gasteiger charge is 2.13. The van der Waals surface area contributed by atoms with Crippen LogP contribution in [0.25, 0.3) is 0 Å². The molecule has 0 aliphatic heterocycles. The second-order valence-electron chi connectivity index (χ2n) is 4.65. The minimum absolute atomic E-state index is 0.00155. The molecule has 0 amide bonds. The Morgan fingerprint density at radius 2 is 2.00 bits per heavy atom. The summed E-state index contributed by atoms with van der Waals surface area (Å²) < 4.78 is 7.67. The summed E-state index contributed by atoms with van der Waals surface area (Å²) in [6.45, 7) is 4.27. The molecule has 5 heteroatoms. The van der Waals surface area contributed by atoms with Gasteiger partial charge in [-0.1, -0.05) is 29.8 Å². The molecule has 0 N–H and O–H groups in total. The number of carbonyl (C=O) groups excluding carboxylic acids is 1. The third-order valence-corrected chi connectivity index (χ3v) is 4.96. The minimum atomic E-state index is -0.00155. The van der Waals surface area contributed by atoms with E-state index in [9.17, 15) is 4.79 Å². The van der Waals surface area contributed by atoms with Gasteiger partial charge in [-0.15, -0.1) is 11.3 Å². The number of thiophene rings is 1. The largest absolute Gasteiger partial charge is 0.485 e. The first kappa shape index (κ1) is 15.7. The maximum Gasteiger partial charge on any atom is 0.210 e. The van der Waals surface area contributed by atoms with Gasteiger partial charge < -0.3 is 4.74 Å². The van der Waals surface area contributed by atoms with Gasteiger partial charge >= 0.3 is 0 Å². The van der Waals surface area contributed by atoms with Crippen LogP contribution in [-0.4, -0.2) is 12.4 Å². The van der Waals surface area contributed by atoms with Gasteiger partial charge in [0.05, 0.1) is 8.66 Å². The number of hydrogen-bond acceptors (Lipinski definition) is 3. The smallest absolute Gasteiger partial charge is 0.210 e. The third kappa shape index (κ3) is 3.93. The van der Waals surface area contributed by atoms with E-state index < -0.39 is 0 Å². The minimum Gasteiger partial charge on any atom is -0.485 e. The molecule has 0 unspecified atom stereocenters. The second kappa shape index (κ2) is 6.87. The quantitative estimate of drug-likeness (QED) is 0.586. The molecule has 0 radical (unpaired) electrons. The number of rotatable bonds is 5. The Kier molecular flexibility index (Phi) is 5.41. The van der Waals surface area contributed by atoms with Gasteiger partial charge in [-0.2, -0.15) is 0 Å². The first-order valence-electron chi connectivity index (χ1n) is 6.18. The molecule has 0 saturated heterocycles. The van der Waals surface area contributed by atoms with Crippen LogP contribution in [0.5, 0.6) is 5.75 Å². The Hall–Kier alpha value is -0.650. The lowest BCUT2D eigenvalue weighted by atomic mass is 10.0. The lowest BCUT2D eigenvalue weighted by molar-refractivity contribution is 0.0924. The van der Waals surface area contributed by atoms with Crippen LogP contribution in [0.15, 0.2) is 38.6 Å². The van der Waals surface area contributed by atoms with E-state index in [1.54, 1.807) is 0 Å². The highest BCUT2D eigenvalue weighted by atomic mass is 79.9. The monoisotopic (exact) mass is 416 g/mol. The Labute approximate surface area is 139 Å². The molecule has 2 aromatic rings. The molecule has 0 atom stereocenters. The predicted molar refractivity (Wildman–Crippen MR) is 90.1 cm³/mol. The van der Waals surface area contributed by atoms with E-state index in [0.717, 1.165) is 19.6 Å². The Morgan fingerprint density at radius 3 is 2.60 bits per heavy atom. The molecular formula is C15H14Br2O2S. The van der Waals surface area contributed by atoms with E-state index in [1.807, 2.05) is 30.3 Å². The van der Waals surface area contributed by atoms with Gasteiger partial charge in [-0.05, 0) is 57.7 Å². The van der Waals surface area contributed by atoms with E-state index >= 15 is 0 Å². The molecule has 0 fully saturated rings. The average Bonchev–Trinajstić information content (AvgIpc) is 2.83. The van der Waals surface area contributed by atoms with Gasteiger partial charge in [0.2, 0.25) is 5.78 Å². The zero-order chi connectivity index (χ0) is 14.7. The lowest BCUT2D eigenvalue weighted by Gasteiger charge is -2.13. The first-order valence-corrected chi connectivity index (χ1v) is 8.58. The number of ether oxygens (including phenoxy) is 1. The van der Waals surface area contributed by atoms with Gasteiger partial charge in [-0.25, -0.2) is 0 Å². The molecule has 2 rings (SSSR count). The lowest BCUT2D eigenvalue weighted by Crippen LogP contribution is -2.11. The first-order chi connectivity index (χ1) is 9.47. The van der Waals surface area contributed by atoms with Crippen molar-refractivity contribution in [3.63, 3.8) is 0 Å². The summed E-state index contributed by atoms with van der Waals surface area (Å²) in [5.74, 6) is 1.11. The van der Waals surface area contributed by atoms with E-state index in [2.05, 4.69) is 45.7 Å². The number of hydrogen-bond donors (Lipinski definition) is 0. The van der Waals surface area contributed by atoms with E-state index in [1.165, 1.54) is 11.3 Å². The maximum absolute atomic E-state index is 12.0. The second-order valence-corrected chi connectivity index (χ2v) is 8.03. The average molecular weight is 418 g/mol. The highest BCUT2D eigenvalue weighted by Crippen LogP contribution is 2.30. The van der Waals surface area contributed by atoms with E-state index in [0.29, 0.717) is 10.8 Å². The molecule has 0 saturated carbocycles. The van der Waals surface area contributed by atoms with Crippen molar-refractivity contribution in [1.82, 2.24) is 0 Å². The van der Waals surface area contributed by atoms with Crippen molar-refractivity contribution >= 4 is 49.0 Å². The number of carbonyl (C=O) groups is 1. The summed E-state index contributed by atoms with van der Waals surface area (Å²) in [7, 11) is 0. The molecule has 20 heavy (non-hydrogen) atoms. The fourth-order valence-corrected chi connectivity index (χ4v) is 3.47. The van der Waals surface area contributed by atoms with Crippen molar-refractivity contribution in [3.05, 3.63) is 49.0 Å². The van der Waals surface area contributed by atoms with Gasteiger partial charge in [0, 0.05) is 4.47 Å². The zero-order valence-corrected chi connectivity index (χ0v) is 15.1. The van der Waals surface area contributed by atoms with Crippen molar-refractivity contribution in [1.29, 1.82) is 0 Å². The Morgan fingerprint density at radius 1 is 1.25 bits per heavy atom. The molecular weight excluding hydrogens is 404 g/mol. The van der Waals surface area contributed by atoms with Crippen molar-refractivity contribution in [2.75, 3.05) is 6.61 Å². The van der Waals surface area contributed by atoms with Gasteiger partial charge in [-0.3, -0.25) is 4.79 Å². The Balaban J connectivity index is 2.09. The predicted octanol–water partition coefficient (Wildman–Crippen LogP) is 5.66. The molecule has 106 valence electrons. The van der Waals surface area contributed by atoms with Crippen molar-refractivity contribution in [2.45, 2.75) is 19.8 Å². The van der Waals surface area contributed by atoms with Crippen LogP contribution in [0.3, 0.4) is 0 Å². The highest BCUT2D eigenvalue weighted by molar-refractivity contribution is 9.11. The summed E-state index contributed by atoms with van der Waals surface area (Å²) in [5, 5.41) is 0. The summed E-state index contributed by atoms with van der Waals surface area (Å²) in [4.78, 5) is 12.7. The normalized spacial score (nSPS) is 10.8. The number of halogens is 2. The van der Waals surface area contributed by atoms with Crippen LogP contribution in [0.2, 0.25) is 0 Å². The van der Waals surface area contributed by atoms with Crippen LogP contribution in [0.1, 0.15) is 35.0 Å². The number of Topliss-reactive ketones (excluding diaryl/α,β-unsaturated/α-hetero) is 1. The van der Waals surface area contributed by atoms with E-state index in [-0.39, 0.29) is 12.4 Å². The van der Waals surface area contributed by atoms with Crippen LogP contribution in [-0.2, 0) is 0 Å². The topological polar surface area (TPSA) is 26.3 Å². The molecule has 1 heterocycles. The van der Waals surface area contributed by atoms with Gasteiger partial charge in [0.25, 0.3) is 0 Å². The Bertz CT molecular complexity index is 620. The summed E-state index contributed by atoms with van der Waals surface area (Å²) in [6.07, 6.45) is 0. The summed E-state index contributed by atoms with van der Waals surface area (Å²) in [6, 6.07) is 9.54. The van der Waals surface area contributed by atoms with Crippen LogP contribution < -0.4 is 4.74 Å². The fourth-order valence-electron chi connectivity index (χ4n) is 1.78. The summed E-state index contributed by atoms with van der Waals surface area (Å²) >= 11 is 8.24. The van der Waals surface area contributed by atoms with Crippen molar-refractivity contribution in [3.8, 4) is 5.75 Å². The van der Waals surface area contributed by atoms with Crippen molar-refractivity contribution in [2.24, 2.45) is 0 Å². The van der Waals surface area contributed by atoms with Gasteiger partial charge in [0.1, 0.15) is 5.75 Å². The molecule has 2 nitrogen and oxygen atoms in total. The summed E-state index contributed by atoms with van der Waals surface area (Å²) in [5.41, 5.74) is 1.10. The molecule has 1 aromatic carbocycles.